The van der Waals surface area contributed by atoms with Crippen molar-refractivity contribution in [2.24, 2.45) is 0 Å². The quantitative estimate of drug-likeness (QED) is 0.680. The van der Waals surface area contributed by atoms with Crippen molar-refractivity contribution in [2.75, 3.05) is 17.2 Å². The Bertz CT molecular complexity index is 1270. The fourth-order valence-electron chi connectivity index (χ4n) is 2.60. The van der Waals surface area contributed by atoms with Gasteiger partial charge in [-0.25, -0.2) is 21.5 Å². The first kappa shape index (κ1) is 19.6. The van der Waals surface area contributed by atoms with E-state index in [1.165, 1.54) is 16.8 Å². The Hall–Kier alpha value is -3.16. The Morgan fingerprint density at radius 3 is 2.07 bits per heavy atom. The van der Waals surface area contributed by atoms with Gasteiger partial charge in [-0.3, -0.25) is 4.72 Å². The molecule has 2 aromatic carbocycles. The lowest BCUT2D eigenvalue weighted by Gasteiger charge is -2.10. The molecule has 144 valence electrons. The second kappa shape index (κ2) is 7.10. The minimum absolute atomic E-state index is 0.194. The highest BCUT2D eigenvalue weighted by Crippen LogP contribution is 2.26. The van der Waals surface area contributed by atoms with Crippen molar-refractivity contribution < 1.29 is 16.8 Å². The van der Waals surface area contributed by atoms with Crippen LogP contribution in [-0.2, 0) is 19.9 Å². The van der Waals surface area contributed by atoms with Gasteiger partial charge in [0, 0.05) is 23.6 Å². The molecule has 28 heavy (non-hydrogen) atoms. The Labute approximate surface area is 163 Å². The number of nitrogens with zero attached hydrogens (tertiary/aromatic N) is 3. The van der Waals surface area contributed by atoms with Crippen LogP contribution in [0.1, 0.15) is 5.69 Å². The van der Waals surface area contributed by atoms with Crippen LogP contribution in [0.2, 0.25) is 0 Å². The average Bonchev–Trinajstić information content (AvgIpc) is 3.05. The van der Waals surface area contributed by atoms with Crippen molar-refractivity contribution in [3.63, 3.8) is 0 Å². The molecule has 1 aromatic heterocycles. The molecule has 0 unspecified atom stereocenters. The number of anilines is 1. The number of sulfonamides is 1. The van der Waals surface area contributed by atoms with Crippen molar-refractivity contribution in [3.05, 3.63) is 60.3 Å². The zero-order chi connectivity index (χ0) is 20.5. The molecule has 0 radical (unpaired) electrons. The molecule has 0 bridgehead atoms. The van der Waals surface area contributed by atoms with Gasteiger partial charge in [0.05, 0.1) is 22.5 Å². The fourth-order valence-corrected chi connectivity index (χ4v) is 3.79. The normalized spacial score (nSPS) is 11.8. The minimum atomic E-state index is -3.39. The smallest absolute Gasteiger partial charge is 0.229 e. The number of aromatic nitrogens is 2. The summed E-state index contributed by atoms with van der Waals surface area (Å²) in [6.45, 7) is 0. The van der Waals surface area contributed by atoms with Crippen LogP contribution in [0.15, 0.2) is 59.5 Å². The lowest BCUT2D eigenvalue weighted by atomic mass is 10.1. The highest BCUT2D eigenvalue weighted by Gasteiger charge is 2.14. The van der Waals surface area contributed by atoms with E-state index in [-0.39, 0.29) is 10.6 Å². The third-order valence-electron chi connectivity index (χ3n) is 3.82. The summed E-state index contributed by atoms with van der Waals surface area (Å²) in [4.78, 5) is 0.194. The molecule has 10 heteroatoms. The molecule has 0 aliphatic rings. The van der Waals surface area contributed by atoms with Crippen molar-refractivity contribution >= 4 is 25.5 Å². The molecular weight excluding hydrogens is 400 g/mol. The fraction of sp³-hybridized carbons (Fsp3) is 0.111. The average molecular weight is 416 g/mol. The van der Waals surface area contributed by atoms with Gasteiger partial charge in [-0.05, 0) is 36.4 Å². The Morgan fingerprint density at radius 2 is 1.57 bits per heavy atom. The van der Waals surface area contributed by atoms with E-state index in [0.29, 0.717) is 22.6 Å². The topological polar surface area (TPSA) is 122 Å². The van der Waals surface area contributed by atoms with E-state index >= 15 is 0 Å². The molecule has 3 rings (SSSR count). The van der Waals surface area contributed by atoms with Crippen molar-refractivity contribution in [1.29, 1.82) is 5.26 Å². The van der Waals surface area contributed by atoms with Crippen LogP contribution in [0.3, 0.4) is 0 Å². The van der Waals surface area contributed by atoms with Crippen molar-refractivity contribution in [1.82, 2.24) is 9.78 Å². The Balaban J connectivity index is 2.04. The maximum atomic E-state index is 11.6. The summed E-state index contributed by atoms with van der Waals surface area (Å²) in [5.41, 5.74) is 2.49. The lowest BCUT2D eigenvalue weighted by Crippen LogP contribution is -2.09. The number of sulfone groups is 1. The summed E-state index contributed by atoms with van der Waals surface area (Å²) >= 11 is 0. The highest BCUT2D eigenvalue weighted by molar-refractivity contribution is 7.92. The largest absolute Gasteiger partial charge is 0.284 e. The number of hydrogen-bond acceptors (Lipinski definition) is 6. The van der Waals surface area contributed by atoms with Crippen LogP contribution in [0, 0.1) is 11.3 Å². The summed E-state index contributed by atoms with van der Waals surface area (Å²) < 4.78 is 49.9. The molecule has 0 fully saturated rings. The summed E-state index contributed by atoms with van der Waals surface area (Å²) in [5.74, 6) is 0. The number of rotatable bonds is 5. The summed E-state index contributed by atoms with van der Waals surface area (Å²) in [7, 11) is -6.70. The van der Waals surface area contributed by atoms with E-state index in [1.807, 2.05) is 6.07 Å². The molecule has 1 N–H and O–H groups in total. The monoisotopic (exact) mass is 416 g/mol. The lowest BCUT2D eigenvalue weighted by molar-refractivity contribution is 0.601. The van der Waals surface area contributed by atoms with Gasteiger partial charge >= 0.3 is 0 Å². The van der Waals surface area contributed by atoms with Crippen molar-refractivity contribution in [2.45, 2.75) is 4.90 Å². The molecule has 0 atom stereocenters. The standard InChI is InChI=1S/C18H16N4O4S2/c1-27(23,24)17-9-3-13(4-10-17)18-11-15(12-19)20-22(18)16-7-5-14(6-8-16)21-28(2,25)26/h3-11,21H,1-2H3. The third kappa shape index (κ3) is 4.39. The van der Waals surface area contributed by atoms with Crippen LogP contribution < -0.4 is 4.72 Å². The van der Waals surface area contributed by atoms with E-state index in [9.17, 15) is 22.1 Å². The SMILES string of the molecule is CS(=O)(=O)Nc1ccc(-n2nc(C#N)cc2-c2ccc(S(C)(=O)=O)cc2)cc1. The van der Waals surface area contributed by atoms with Gasteiger partial charge in [0.1, 0.15) is 6.07 Å². The van der Waals surface area contributed by atoms with E-state index in [4.69, 9.17) is 0 Å². The molecule has 0 saturated heterocycles. The molecule has 0 aliphatic carbocycles. The predicted octanol–water partition coefficient (Wildman–Crippen LogP) is 2.19. The minimum Gasteiger partial charge on any atom is -0.284 e. The second-order valence-electron chi connectivity index (χ2n) is 6.16. The van der Waals surface area contributed by atoms with Crippen LogP contribution >= 0.6 is 0 Å². The van der Waals surface area contributed by atoms with Gasteiger partial charge in [-0.15, -0.1) is 0 Å². The first-order chi connectivity index (χ1) is 13.1. The van der Waals surface area contributed by atoms with Gasteiger partial charge < -0.3 is 0 Å². The van der Waals surface area contributed by atoms with Crippen LogP contribution in [0.25, 0.3) is 16.9 Å². The zero-order valence-electron chi connectivity index (χ0n) is 15.0. The van der Waals surface area contributed by atoms with E-state index in [2.05, 4.69) is 9.82 Å². The molecule has 8 nitrogen and oxygen atoms in total. The van der Waals surface area contributed by atoms with E-state index < -0.39 is 19.9 Å². The van der Waals surface area contributed by atoms with Gasteiger partial charge in [0.25, 0.3) is 0 Å². The van der Waals surface area contributed by atoms with Crippen LogP contribution in [0.4, 0.5) is 5.69 Å². The number of nitriles is 1. The zero-order valence-corrected chi connectivity index (χ0v) is 16.6. The Kier molecular flexibility index (Phi) is 4.97. The Morgan fingerprint density at radius 1 is 0.964 bits per heavy atom. The number of hydrogen-bond donors (Lipinski definition) is 1. The first-order valence-corrected chi connectivity index (χ1v) is 11.7. The number of benzene rings is 2. The molecule has 3 aromatic rings. The van der Waals surface area contributed by atoms with E-state index in [0.717, 1.165) is 12.5 Å². The van der Waals surface area contributed by atoms with Crippen molar-refractivity contribution in [3.8, 4) is 23.0 Å². The first-order valence-electron chi connectivity index (χ1n) is 7.96. The maximum absolute atomic E-state index is 11.6. The maximum Gasteiger partial charge on any atom is 0.229 e. The number of nitrogens with one attached hydrogen (secondary N) is 1. The highest BCUT2D eigenvalue weighted by atomic mass is 32.2. The summed E-state index contributed by atoms with van der Waals surface area (Å²) in [6.07, 6.45) is 2.19. The molecule has 0 spiro atoms. The van der Waals surface area contributed by atoms with Gasteiger partial charge in [-0.1, -0.05) is 12.1 Å². The molecule has 1 heterocycles. The van der Waals surface area contributed by atoms with Gasteiger partial charge in [0.2, 0.25) is 10.0 Å². The predicted molar refractivity (Wildman–Crippen MR) is 105 cm³/mol. The molecule has 0 saturated carbocycles. The van der Waals surface area contributed by atoms with Crippen LogP contribution in [-0.4, -0.2) is 39.1 Å². The summed E-state index contributed by atoms with van der Waals surface area (Å²) in [5, 5.41) is 13.5. The van der Waals surface area contributed by atoms with Gasteiger partial charge in [-0.2, -0.15) is 10.4 Å². The molecule has 0 amide bonds. The second-order valence-corrected chi connectivity index (χ2v) is 9.92. The molecular formula is C18H16N4O4S2. The van der Waals surface area contributed by atoms with E-state index in [1.54, 1.807) is 42.5 Å². The molecule has 0 aliphatic heterocycles. The summed E-state index contributed by atoms with van der Waals surface area (Å²) in [6, 6.07) is 16.3. The van der Waals surface area contributed by atoms with Gasteiger partial charge in [0.15, 0.2) is 15.5 Å². The third-order valence-corrected chi connectivity index (χ3v) is 5.55. The van der Waals surface area contributed by atoms with Crippen LogP contribution in [0.5, 0.6) is 0 Å².